The van der Waals surface area contributed by atoms with Crippen molar-refractivity contribution in [2.24, 2.45) is 11.8 Å². The van der Waals surface area contributed by atoms with E-state index in [2.05, 4.69) is 29.8 Å². The molecule has 0 fully saturated rings. The highest BCUT2D eigenvalue weighted by Crippen LogP contribution is 2.22. The Kier molecular flexibility index (Phi) is 5.63. The average Bonchev–Trinajstić information content (AvgIpc) is 2.23. The van der Waals surface area contributed by atoms with Crippen LogP contribution in [0.2, 0.25) is 5.02 Å². The first-order chi connectivity index (χ1) is 7.54. The number of benzene rings is 1. The first-order valence-electron chi connectivity index (χ1n) is 5.49. The summed E-state index contributed by atoms with van der Waals surface area (Å²) in [6.07, 6.45) is 0. The molecule has 0 bridgehead atoms. The third-order valence-electron chi connectivity index (χ3n) is 2.73. The summed E-state index contributed by atoms with van der Waals surface area (Å²) < 4.78 is 5.77. The van der Waals surface area contributed by atoms with E-state index in [0.29, 0.717) is 11.8 Å². The Hall–Kier alpha value is -0.210. The van der Waals surface area contributed by atoms with Gasteiger partial charge >= 0.3 is 0 Å². The zero-order valence-corrected chi connectivity index (χ0v) is 12.3. The van der Waals surface area contributed by atoms with E-state index in [1.165, 1.54) is 0 Å². The van der Waals surface area contributed by atoms with E-state index in [1.54, 1.807) is 0 Å². The molecule has 0 spiro atoms. The van der Waals surface area contributed by atoms with E-state index >= 15 is 0 Å². The molecule has 0 N–H and O–H groups in total. The minimum Gasteiger partial charge on any atom is -0.493 e. The standard InChI is InChI=1S/C13H18BrClO/c1-9(2)11(7-14)8-16-12-4-5-13(15)10(3)6-12/h4-6,9,11H,7-8H2,1-3H3. The molecule has 0 heterocycles. The van der Waals surface area contributed by atoms with Gasteiger partial charge in [0.05, 0.1) is 6.61 Å². The van der Waals surface area contributed by atoms with Crippen LogP contribution >= 0.6 is 27.5 Å². The molecule has 1 rings (SSSR count). The summed E-state index contributed by atoms with van der Waals surface area (Å²) in [6, 6.07) is 5.78. The highest BCUT2D eigenvalue weighted by molar-refractivity contribution is 9.09. The van der Waals surface area contributed by atoms with Crippen molar-refractivity contribution in [2.75, 3.05) is 11.9 Å². The molecule has 0 aliphatic rings. The molecule has 0 aromatic heterocycles. The van der Waals surface area contributed by atoms with Crippen molar-refractivity contribution in [1.29, 1.82) is 0 Å². The molecule has 1 unspecified atom stereocenters. The summed E-state index contributed by atoms with van der Waals surface area (Å²) in [5.41, 5.74) is 1.05. The number of rotatable bonds is 5. The van der Waals surface area contributed by atoms with Crippen LogP contribution < -0.4 is 4.74 Å². The van der Waals surface area contributed by atoms with E-state index in [9.17, 15) is 0 Å². The molecule has 3 heteroatoms. The number of halogens is 2. The van der Waals surface area contributed by atoms with Crippen LogP contribution in [-0.4, -0.2) is 11.9 Å². The molecule has 1 aromatic carbocycles. The fraction of sp³-hybridized carbons (Fsp3) is 0.538. The normalized spacial score (nSPS) is 12.9. The van der Waals surface area contributed by atoms with Crippen molar-refractivity contribution in [2.45, 2.75) is 20.8 Å². The van der Waals surface area contributed by atoms with E-state index in [1.807, 2.05) is 25.1 Å². The predicted octanol–water partition coefficient (Wildman–Crippen LogP) is 4.69. The first kappa shape index (κ1) is 13.9. The van der Waals surface area contributed by atoms with Gasteiger partial charge in [-0.05, 0) is 36.6 Å². The van der Waals surface area contributed by atoms with Gasteiger partial charge in [0, 0.05) is 16.3 Å². The summed E-state index contributed by atoms with van der Waals surface area (Å²) in [5, 5.41) is 1.75. The molecule has 1 nitrogen and oxygen atoms in total. The van der Waals surface area contributed by atoms with Gasteiger partial charge in [0.15, 0.2) is 0 Å². The van der Waals surface area contributed by atoms with Gasteiger partial charge in [0.1, 0.15) is 5.75 Å². The molecule has 1 atom stereocenters. The van der Waals surface area contributed by atoms with Crippen LogP contribution in [0.15, 0.2) is 18.2 Å². The molecular formula is C13H18BrClO. The summed E-state index contributed by atoms with van der Waals surface area (Å²) in [6.45, 7) is 7.15. The Bertz CT molecular complexity index is 339. The monoisotopic (exact) mass is 304 g/mol. The van der Waals surface area contributed by atoms with Gasteiger partial charge in [-0.2, -0.15) is 0 Å². The Morgan fingerprint density at radius 3 is 2.56 bits per heavy atom. The molecule has 0 saturated carbocycles. The maximum atomic E-state index is 5.96. The van der Waals surface area contributed by atoms with Crippen molar-refractivity contribution in [3.05, 3.63) is 28.8 Å². The first-order valence-corrected chi connectivity index (χ1v) is 6.99. The zero-order valence-electron chi connectivity index (χ0n) is 9.97. The average molecular weight is 306 g/mol. The van der Waals surface area contributed by atoms with Crippen LogP contribution in [0, 0.1) is 18.8 Å². The molecule has 0 radical (unpaired) electrons. The molecule has 0 saturated heterocycles. The molecule has 0 amide bonds. The second-order valence-electron chi connectivity index (χ2n) is 4.38. The van der Waals surface area contributed by atoms with Gasteiger partial charge in [-0.25, -0.2) is 0 Å². The second kappa shape index (κ2) is 6.51. The van der Waals surface area contributed by atoms with Crippen molar-refractivity contribution in [3.8, 4) is 5.75 Å². The van der Waals surface area contributed by atoms with Crippen molar-refractivity contribution in [1.82, 2.24) is 0 Å². The fourth-order valence-corrected chi connectivity index (χ4v) is 2.38. The van der Waals surface area contributed by atoms with E-state index < -0.39 is 0 Å². The predicted molar refractivity (Wildman–Crippen MR) is 73.8 cm³/mol. The van der Waals surface area contributed by atoms with Crippen LogP contribution in [0.1, 0.15) is 19.4 Å². The Morgan fingerprint density at radius 1 is 1.38 bits per heavy atom. The SMILES string of the molecule is Cc1cc(OCC(CBr)C(C)C)ccc1Cl. The Morgan fingerprint density at radius 2 is 2.06 bits per heavy atom. The highest BCUT2D eigenvalue weighted by Gasteiger charge is 2.12. The lowest BCUT2D eigenvalue weighted by Gasteiger charge is -2.18. The van der Waals surface area contributed by atoms with Crippen LogP contribution in [0.5, 0.6) is 5.75 Å². The number of hydrogen-bond donors (Lipinski definition) is 0. The summed E-state index contributed by atoms with van der Waals surface area (Å²) >= 11 is 9.47. The highest BCUT2D eigenvalue weighted by atomic mass is 79.9. The lowest BCUT2D eigenvalue weighted by atomic mass is 9.99. The second-order valence-corrected chi connectivity index (χ2v) is 5.44. The maximum absolute atomic E-state index is 5.96. The van der Waals surface area contributed by atoms with Gasteiger partial charge in [0.2, 0.25) is 0 Å². The largest absolute Gasteiger partial charge is 0.493 e. The quantitative estimate of drug-likeness (QED) is 0.717. The minimum absolute atomic E-state index is 0.538. The zero-order chi connectivity index (χ0) is 12.1. The molecular weight excluding hydrogens is 287 g/mol. The van der Waals surface area contributed by atoms with E-state index in [4.69, 9.17) is 16.3 Å². The van der Waals surface area contributed by atoms with Gasteiger partial charge < -0.3 is 4.74 Å². The van der Waals surface area contributed by atoms with Crippen molar-refractivity contribution >= 4 is 27.5 Å². The fourth-order valence-electron chi connectivity index (χ4n) is 1.33. The van der Waals surface area contributed by atoms with Gasteiger partial charge in [-0.3, -0.25) is 0 Å². The molecule has 90 valence electrons. The van der Waals surface area contributed by atoms with E-state index in [-0.39, 0.29) is 0 Å². The number of aryl methyl sites for hydroxylation is 1. The Labute approximate surface area is 111 Å². The van der Waals surface area contributed by atoms with Crippen LogP contribution in [0.4, 0.5) is 0 Å². The molecule has 0 aliphatic carbocycles. The lowest BCUT2D eigenvalue weighted by molar-refractivity contribution is 0.227. The van der Waals surface area contributed by atoms with Crippen LogP contribution in [0.25, 0.3) is 0 Å². The Balaban J connectivity index is 2.57. The number of ether oxygens (including phenoxy) is 1. The minimum atomic E-state index is 0.538. The van der Waals surface area contributed by atoms with Gasteiger partial charge in [-0.1, -0.05) is 41.4 Å². The topological polar surface area (TPSA) is 9.23 Å². The third kappa shape index (κ3) is 3.99. The van der Waals surface area contributed by atoms with E-state index in [0.717, 1.165) is 28.3 Å². The summed E-state index contributed by atoms with van der Waals surface area (Å²) in [4.78, 5) is 0. The molecule has 1 aromatic rings. The number of hydrogen-bond acceptors (Lipinski definition) is 1. The van der Waals surface area contributed by atoms with Crippen LogP contribution in [0.3, 0.4) is 0 Å². The smallest absolute Gasteiger partial charge is 0.119 e. The molecule has 16 heavy (non-hydrogen) atoms. The molecule has 0 aliphatic heterocycles. The van der Waals surface area contributed by atoms with Crippen molar-refractivity contribution in [3.63, 3.8) is 0 Å². The lowest BCUT2D eigenvalue weighted by Crippen LogP contribution is -2.19. The maximum Gasteiger partial charge on any atom is 0.119 e. The summed E-state index contributed by atoms with van der Waals surface area (Å²) in [5.74, 6) is 2.05. The summed E-state index contributed by atoms with van der Waals surface area (Å²) in [7, 11) is 0. The third-order valence-corrected chi connectivity index (χ3v) is 3.99. The van der Waals surface area contributed by atoms with Crippen LogP contribution in [-0.2, 0) is 0 Å². The van der Waals surface area contributed by atoms with Crippen molar-refractivity contribution < 1.29 is 4.74 Å². The van der Waals surface area contributed by atoms with Gasteiger partial charge in [0.25, 0.3) is 0 Å². The number of alkyl halides is 1. The van der Waals surface area contributed by atoms with Gasteiger partial charge in [-0.15, -0.1) is 0 Å².